The van der Waals surface area contributed by atoms with Gasteiger partial charge in [0, 0.05) is 22.9 Å². The van der Waals surface area contributed by atoms with E-state index in [-0.39, 0.29) is 25.1 Å². The normalized spacial score (nSPS) is 10.0. The zero-order valence-corrected chi connectivity index (χ0v) is 17.9. The van der Waals surface area contributed by atoms with Crippen molar-refractivity contribution in [2.24, 2.45) is 0 Å². The first-order chi connectivity index (χ1) is 14.8. The fourth-order valence-electron chi connectivity index (χ4n) is 2.65. The number of hydrogen-bond donors (Lipinski definition) is 1. The number of esters is 1. The lowest BCUT2D eigenvalue weighted by molar-refractivity contribution is -0.121. The van der Waals surface area contributed by atoms with Crippen molar-refractivity contribution in [3.05, 3.63) is 58.6 Å². The molecule has 0 heterocycles. The van der Waals surface area contributed by atoms with E-state index < -0.39 is 24.6 Å². The van der Waals surface area contributed by atoms with Gasteiger partial charge in [-0.25, -0.2) is 9.59 Å². The van der Waals surface area contributed by atoms with Gasteiger partial charge in [0.25, 0.3) is 5.91 Å². The number of benzene rings is 2. The van der Waals surface area contributed by atoms with Crippen LogP contribution in [0.5, 0.6) is 0 Å². The monoisotopic (exact) mass is 443 g/mol. The molecule has 0 spiro atoms. The number of anilines is 2. The molecule has 0 radical (unpaired) electrons. The number of carbonyl (C=O) groups excluding carboxylic acids is 3. The Balaban J connectivity index is 2.06. The molecule has 0 saturated carbocycles. The van der Waals surface area contributed by atoms with Crippen molar-refractivity contribution in [3.63, 3.8) is 0 Å². The van der Waals surface area contributed by atoms with Crippen molar-refractivity contribution in [1.82, 2.24) is 0 Å². The number of carbonyl (C=O) groups is 3. The summed E-state index contributed by atoms with van der Waals surface area (Å²) in [6.45, 7) is 3.32. The van der Waals surface area contributed by atoms with Crippen LogP contribution in [-0.2, 0) is 14.3 Å². The third-order valence-corrected chi connectivity index (χ3v) is 4.57. The predicted molar refractivity (Wildman–Crippen MR) is 116 cm³/mol. The van der Waals surface area contributed by atoms with Gasteiger partial charge in [-0.15, -0.1) is 0 Å². The molecule has 2 aromatic carbocycles. The van der Waals surface area contributed by atoms with Gasteiger partial charge in [0.2, 0.25) is 0 Å². The number of halogens is 1. The van der Waals surface area contributed by atoms with E-state index in [0.29, 0.717) is 16.4 Å². The van der Waals surface area contributed by atoms with E-state index in [0.717, 1.165) is 5.56 Å². The summed E-state index contributed by atoms with van der Waals surface area (Å²) in [6, 6.07) is 13.1. The van der Waals surface area contributed by atoms with Crippen molar-refractivity contribution in [1.29, 1.82) is 5.26 Å². The molecule has 0 aliphatic heterocycles. The molecule has 8 nitrogen and oxygen atoms in total. The largest absolute Gasteiger partial charge is 0.452 e. The summed E-state index contributed by atoms with van der Waals surface area (Å²) in [5, 5.41) is 11.9. The molecule has 0 aliphatic carbocycles. The third kappa shape index (κ3) is 7.01. The van der Waals surface area contributed by atoms with E-state index in [9.17, 15) is 14.4 Å². The molecular weight excluding hydrogens is 422 g/mol. The summed E-state index contributed by atoms with van der Waals surface area (Å²) in [7, 11) is 0. The minimum atomic E-state index is -0.728. The van der Waals surface area contributed by atoms with E-state index in [1.54, 1.807) is 44.2 Å². The van der Waals surface area contributed by atoms with Crippen molar-refractivity contribution < 1.29 is 23.9 Å². The molecule has 31 heavy (non-hydrogen) atoms. The van der Waals surface area contributed by atoms with Gasteiger partial charge in [-0.1, -0.05) is 17.7 Å². The van der Waals surface area contributed by atoms with Crippen molar-refractivity contribution in [2.45, 2.75) is 20.3 Å². The van der Waals surface area contributed by atoms with Gasteiger partial charge in [-0.05, 0) is 55.8 Å². The average molecular weight is 444 g/mol. The number of aryl methyl sites for hydroxylation is 1. The number of nitrogens with one attached hydrogen (secondary N) is 1. The van der Waals surface area contributed by atoms with Crippen LogP contribution in [0.3, 0.4) is 0 Å². The predicted octanol–water partition coefficient (Wildman–Crippen LogP) is 4.32. The molecule has 0 unspecified atom stereocenters. The number of nitrogens with zero attached hydrogens (tertiary/aromatic N) is 2. The first-order valence-corrected chi connectivity index (χ1v) is 9.88. The van der Waals surface area contributed by atoms with Crippen LogP contribution in [0.2, 0.25) is 5.02 Å². The second-order valence-electron chi connectivity index (χ2n) is 6.39. The third-order valence-electron chi connectivity index (χ3n) is 4.15. The summed E-state index contributed by atoms with van der Waals surface area (Å²) in [5.41, 5.74) is 1.84. The maximum atomic E-state index is 12.7. The molecule has 0 aliphatic rings. The van der Waals surface area contributed by atoms with Crippen LogP contribution in [0, 0.1) is 18.3 Å². The first kappa shape index (κ1) is 23.7. The molecule has 162 valence electrons. The maximum Gasteiger partial charge on any atom is 0.411 e. The second-order valence-corrected chi connectivity index (χ2v) is 6.80. The first-order valence-electron chi connectivity index (χ1n) is 9.50. The van der Waals surface area contributed by atoms with Crippen LogP contribution in [0.15, 0.2) is 42.5 Å². The van der Waals surface area contributed by atoms with Gasteiger partial charge in [0.1, 0.15) is 0 Å². The number of amides is 2. The lowest BCUT2D eigenvalue weighted by Gasteiger charge is -2.22. The minimum Gasteiger partial charge on any atom is -0.452 e. The lowest BCUT2D eigenvalue weighted by atomic mass is 10.2. The van der Waals surface area contributed by atoms with Crippen molar-refractivity contribution >= 4 is 40.9 Å². The Morgan fingerprint density at radius 1 is 1.16 bits per heavy atom. The molecule has 2 aromatic rings. The van der Waals surface area contributed by atoms with Crippen molar-refractivity contribution in [3.8, 4) is 6.07 Å². The summed E-state index contributed by atoms with van der Waals surface area (Å²) in [5.74, 6) is -1.21. The average Bonchev–Trinajstić information content (AvgIpc) is 2.75. The Bertz CT molecular complexity index is 1000. The maximum absolute atomic E-state index is 12.7. The van der Waals surface area contributed by atoms with Gasteiger partial charge in [-0.3, -0.25) is 10.1 Å². The van der Waals surface area contributed by atoms with E-state index in [4.69, 9.17) is 26.3 Å². The van der Waals surface area contributed by atoms with Gasteiger partial charge >= 0.3 is 12.1 Å². The Hall–Kier alpha value is -3.57. The van der Waals surface area contributed by atoms with Gasteiger partial charge in [-0.2, -0.15) is 5.26 Å². The molecule has 2 rings (SSSR count). The Kier molecular flexibility index (Phi) is 8.85. The summed E-state index contributed by atoms with van der Waals surface area (Å²) in [4.78, 5) is 38.0. The standard InChI is InChI=1S/C22H22ClN3O5/c1-3-30-22(29)25-17-7-4-6-16(13-17)21(28)31-14-20(27)26(11-5-10-24)18-8-9-19(23)15(2)12-18/h4,6-9,12-13H,3,5,11,14H2,1-2H3,(H,25,29). The number of nitriles is 1. The number of hydrogen-bond acceptors (Lipinski definition) is 6. The highest BCUT2D eigenvalue weighted by Crippen LogP contribution is 2.23. The number of ether oxygens (including phenoxy) is 2. The molecular formula is C22H22ClN3O5. The SMILES string of the molecule is CCOC(=O)Nc1cccc(C(=O)OCC(=O)N(CCC#N)c2ccc(Cl)c(C)c2)c1. The van der Waals surface area contributed by atoms with Crippen LogP contribution in [0.1, 0.15) is 29.3 Å². The molecule has 0 aromatic heterocycles. The topological polar surface area (TPSA) is 109 Å². The van der Waals surface area contributed by atoms with Crippen LogP contribution < -0.4 is 10.2 Å². The molecule has 0 atom stereocenters. The Morgan fingerprint density at radius 3 is 2.61 bits per heavy atom. The summed E-state index contributed by atoms with van der Waals surface area (Å²) < 4.78 is 9.94. The molecule has 0 saturated heterocycles. The van der Waals surface area contributed by atoms with E-state index in [2.05, 4.69) is 5.32 Å². The Labute approximate surface area is 185 Å². The van der Waals surface area contributed by atoms with Gasteiger partial charge < -0.3 is 14.4 Å². The molecule has 2 amide bonds. The van der Waals surface area contributed by atoms with Crippen LogP contribution in [0.25, 0.3) is 0 Å². The van der Waals surface area contributed by atoms with Gasteiger partial charge in [0.05, 0.1) is 24.7 Å². The van der Waals surface area contributed by atoms with Crippen LogP contribution >= 0.6 is 11.6 Å². The van der Waals surface area contributed by atoms with E-state index in [1.165, 1.54) is 17.0 Å². The highest BCUT2D eigenvalue weighted by molar-refractivity contribution is 6.31. The Morgan fingerprint density at radius 2 is 1.94 bits per heavy atom. The van der Waals surface area contributed by atoms with E-state index >= 15 is 0 Å². The zero-order valence-electron chi connectivity index (χ0n) is 17.2. The second kappa shape index (κ2) is 11.6. The fourth-order valence-corrected chi connectivity index (χ4v) is 2.77. The van der Waals surface area contributed by atoms with Gasteiger partial charge in [0.15, 0.2) is 6.61 Å². The number of rotatable bonds is 8. The minimum absolute atomic E-state index is 0.114. The zero-order chi connectivity index (χ0) is 22.8. The highest BCUT2D eigenvalue weighted by atomic mass is 35.5. The van der Waals surface area contributed by atoms with Crippen LogP contribution in [-0.4, -0.2) is 37.7 Å². The summed E-state index contributed by atoms with van der Waals surface area (Å²) >= 11 is 6.04. The lowest BCUT2D eigenvalue weighted by Crippen LogP contribution is -2.35. The molecule has 0 bridgehead atoms. The summed E-state index contributed by atoms with van der Waals surface area (Å²) in [6.07, 6.45) is -0.530. The smallest absolute Gasteiger partial charge is 0.411 e. The molecule has 1 N–H and O–H groups in total. The van der Waals surface area contributed by atoms with Crippen LogP contribution in [0.4, 0.5) is 16.2 Å². The quantitative estimate of drug-likeness (QED) is 0.608. The fraction of sp³-hybridized carbons (Fsp3) is 0.273. The molecule has 9 heteroatoms. The highest BCUT2D eigenvalue weighted by Gasteiger charge is 2.19. The van der Waals surface area contributed by atoms with Crippen molar-refractivity contribution in [2.75, 3.05) is 30.0 Å². The molecule has 0 fully saturated rings. The van der Waals surface area contributed by atoms with E-state index in [1.807, 2.05) is 6.07 Å².